The molecule has 180 valence electrons. The molecule has 0 bridgehead atoms. The second kappa shape index (κ2) is 10.1. The summed E-state index contributed by atoms with van der Waals surface area (Å²) in [6.45, 7) is 0.210. The summed E-state index contributed by atoms with van der Waals surface area (Å²) in [5.74, 6) is -0.0221. The number of thiazole rings is 1. The van der Waals surface area contributed by atoms with Gasteiger partial charge in [-0.2, -0.15) is 13.2 Å². The molecule has 0 saturated carbocycles. The van der Waals surface area contributed by atoms with Gasteiger partial charge < -0.3 is 25.8 Å². The number of ether oxygens (including phenoxy) is 2. The zero-order valence-electron chi connectivity index (χ0n) is 18.2. The maximum Gasteiger partial charge on any atom is 0.416 e. The Balaban J connectivity index is 1.42. The van der Waals surface area contributed by atoms with Crippen molar-refractivity contribution in [3.63, 3.8) is 0 Å². The van der Waals surface area contributed by atoms with E-state index in [1.54, 1.807) is 6.20 Å². The Bertz CT molecular complexity index is 1150. The molecular formula is C23H23F3N4O3S. The van der Waals surface area contributed by atoms with Crippen LogP contribution in [0.4, 0.5) is 24.0 Å². The van der Waals surface area contributed by atoms with Gasteiger partial charge in [0.25, 0.3) is 0 Å². The van der Waals surface area contributed by atoms with Crippen LogP contribution in [-0.4, -0.2) is 37.4 Å². The van der Waals surface area contributed by atoms with Gasteiger partial charge in [-0.3, -0.25) is 4.79 Å². The number of carbonyl (C=O) groups excluding carboxylic acids is 1. The van der Waals surface area contributed by atoms with E-state index in [1.807, 2.05) is 18.2 Å². The van der Waals surface area contributed by atoms with Gasteiger partial charge in [0.15, 0.2) is 5.13 Å². The van der Waals surface area contributed by atoms with Gasteiger partial charge >= 0.3 is 6.18 Å². The van der Waals surface area contributed by atoms with Crippen LogP contribution in [0.15, 0.2) is 48.7 Å². The number of aromatic nitrogens is 1. The summed E-state index contributed by atoms with van der Waals surface area (Å²) in [6, 6.07) is 9.91. The molecule has 2 unspecified atom stereocenters. The number of fused-ring (bicyclic) bond motifs is 1. The van der Waals surface area contributed by atoms with Crippen molar-refractivity contribution in [1.29, 1.82) is 0 Å². The number of rotatable bonds is 9. The number of hydrogen-bond acceptors (Lipinski definition) is 7. The minimum Gasteiger partial charge on any atom is -0.360 e. The molecule has 3 aromatic rings. The first-order valence-electron chi connectivity index (χ1n) is 10.4. The minimum absolute atomic E-state index is 0.0221. The lowest BCUT2D eigenvalue weighted by molar-refractivity contribution is -0.137. The molecule has 4 rings (SSSR count). The lowest BCUT2D eigenvalue weighted by Gasteiger charge is -2.25. The number of benzene rings is 2. The van der Waals surface area contributed by atoms with Crippen molar-refractivity contribution in [2.45, 2.75) is 24.7 Å². The lowest BCUT2D eigenvalue weighted by atomic mass is 10.0. The number of carbonyl (C=O) groups is 1. The number of alkyl halides is 3. The van der Waals surface area contributed by atoms with E-state index in [-0.39, 0.29) is 19.2 Å². The molecule has 1 aliphatic rings. The van der Waals surface area contributed by atoms with E-state index >= 15 is 0 Å². The molecule has 2 heterocycles. The fraction of sp³-hybridized carbons (Fsp3) is 0.304. The molecule has 0 spiro atoms. The predicted octanol–water partition coefficient (Wildman–Crippen LogP) is 4.42. The normalized spacial score (nSPS) is 15.0. The van der Waals surface area contributed by atoms with Crippen LogP contribution in [0.25, 0.3) is 10.4 Å². The van der Waals surface area contributed by atoms with Crippen molar-refractivity contribution in [3.05, 3.63) is 65.4 Å². The number of halogens is 3. The van der Waals surface area contributed by atoms with Gasteiger partial charge in [0.1, 0.15) is 12.9 Å². The van der Waals surface area contributed by atoms with E-state index in [4.69, 9.17) is 15.2 Å². The first-order valence-corrected chi connectivity index (χ1v) is 11.2. The van der Waals surface area contributed by atoms with Crippen molar-refractivity contribution >= 4 is 28.1 Å². The smallest absolute Gasteiger partial charge is 0.360 e. The summed E-state index contributed by atoms with van der Waals surface area (Å²) in [6.07, 6.45) is -3.01. The van der Waals surface area contributed by atoms with Gasteiger partial charge in [-0.15, -0.1) is 0 Å². The van der Waals surface area contributed by atoms with Gasteiger partial charge in [0.05, 0.1) is 22.9 Å². The van der Waals surface area contributed by atoms with E-state index in [9.17, 15) is 18.0 Å². The zero-order valence-corrected chi connectivity index (χ0v) is 19.0. The SMILES string of the molecule is COCOC(c1ccc(C(F)(F)F)cc1)C(N)CNc1ncc(-c2ccc3c(c2)CC(=O)N3)s1. The van der Waals surface area contributed by atoms with Crippen LogP contribution in [0, 0.1) is 0 Å². The van der Waals surface area contributed by atoms with Crippen LogP contribution in [0.1, 0.15) is 22.8 Å². The summed E-state index contributed by atoms with van der Waals surface area (Å²) in [5, 5.41) is 6.62. The fourth-order valence-electron chi connectivity index (χ4n) is 3.65. The lowest BCUT2D eigenvalue weighted by Crippen LogP contribution is -2.37. The number of hydrogen-bond donors (Lipinski definition) is 3. The van der Waals surface area contributed by atoms with Crippen LogP contribution in [0.5, 0.6) is 0 Å². The van der Waals surface area contributed by atoms with Crippen molar-refractivity contribution in [1.82, 2.24) is 4.98 Å². The Morgan fingerprint density at radius 2 is 2.00 bits per heavy atom. The highest BCUT2D eigenvalue weighted by atomic mass is 32.1. The van der Waals surface area contributed by atoms with Gasteiger partial charge in [-0.25, -0.2) is 4.98 Å². The molecule has 0 fully saturated rings. The summed E-state index contributed by atoms with van der Waals surface area (Å²) >= 11 is 1.43. The number of amides is 1. The highest BCUT2D eigenvalue weighted by molar-refractivity contribution is 7.18. The number of methoxy groups -OCH3 is 1. The molecule has 1 aromatic heterocycles. The van der Waals surface area contributed by atoms with E-state index in [2.05, 4.69) is 15.6 Å². The number of nitrogens with one attached hydrogen (secondary N) is 2. The maximum atomic E-state index is 12.9. The standard InChI is InChI=1S/C23H23F3N4O3S/c1-32-12-33-21(13-2-5-16(6-3-13)23(24,25)26)17(27)10-28-22-29-11-19(34-22)14-4-7-18-15(8-14)9-20(31)30-18/h2-8,11,17,21H,9-10,12,27H2,1H3,(H,28,29)(H,30,31). The molecule has 11 heteroatoms. The van der Waals surface area contributed by atoms with E-state index in [1.165, 1.54) is 30.6 Å². The highest BCUT2D eigenvalue weighted by Crippen LogP contribution is 2.34. The number of anilines is 2. The summed E-state index contributed by atoms with van der Waals surface area (Å²) in [7, 11) is 1.45. The Labute approximate surface area is 198 Å². The molecule has 2 aromatic carbocycles. The van der Waals surface area contributed by atoms with Crippen LogP contribution < -0.4 is 16.4 Å². The Hall–Kier alpha value is -2.99. The number of nitrogens with zero attached hydrogens (tertiary/aromatic N) is 1. The van der Waals surface area contributed by atoms with Gasteiger partial charge in [-0.1, -0.05) is 29.5 Å². The fourth-order valence-corrected chi connectivity index (χ4v) is 4.47. The third-order valence-corrected chi connectivity index (χ3v) is 6.33. The van der Waals surface area contributed by atoms with Gasteiger partial charge in [0.2, 0.25) is 5.91 Å². The topological polar surface area (TPSA) is 98.5 Å². The van der Waals surface area contributed by atoms with Gasteiger partial charge in [0, 0.05) is 25.5 Å². The monoisotopic (exact) mass is 492 g/mol. The van der Waals surface area contributed by atoms with Crippen LogP contribution in [0.3, 0.4) is 0 Å². The summed E-state index contributed by atoms with van der Waals surface area (Å²) in [4.78, 5) is 16.9. The molecule has 0 aliphatic carbocycles. The van der Waals surface area contributed by atoms with Crippen molar-refractivity contribution < 1.29 is 27.4 Å². The molecule has 0 radical (unpaired) electrons. The van der Waals surface area contributed by atoms with E-state index < -0.39 is 23.9 Å². The average Bonchev–Trinajstić information content (AvgIpc) is 3.42. The molecule has 2 atom stereocenters. The largest absolute Gasteiger partial charge is 0.416 e. The summed E-state index contributed by atoms with van der Waals surface area (Å²) < 4.78 is 49.3. The van der Waals surface area contributed by atoms with Crippen LogP contribution in [0.2, 0.25) is 0 Å². The van der Waals surface area contributed by atoms with Crippen molar-refractivity contribution in [3.8, 4) is 10.4 Å². The molecule has 34 heavy (non-hydrogen) atoms. The van der Waals surface area contributed by atoms with Crippen molar-refractivity contribution in [2.75, 3.05) is 31.1 Å². The second-order valence-corrected chi connectivity index (χ2v) is 8.82. The third-order valence-electron chi connectivity index (χ3n) is 5.33. The second-order valence-electron chi connectivity index (χ2n) is 7.78. The maximum absolute atomic E-state index is 12.9. The first-order chi connectivity index (χ1) is 16.2. The molecule has 1 aliphatic heterocycles. The average molecular weight is 493 g/mol. The molecule has 0 saturated heterocycles. The third kappa shape index (κ3) is 5.55. The van der Waals surface area contributed by atoms with Crippen molar-refractivity contribution in [2.24, 2.45) is 5.73 Å². The molecule has 4 N–H and O–H groups in total. The van der Waals surface area contributed by atoms with Crippen LogP contribution >= 0.6 is 11.3 Å². The Kier molecular flexibility index (Phi) is 7.17. The molecular weight excluding hydrogens is 469 g/mol. The van der Waals surface area contributed by atoms with E-state index in [0.717, 1.165) is 33.8 Å². The minimum atomic E-state index is -4.42. The van der Waals surface area contributed by atoms with Crippen LogP contribution in [-0.2, 0) is 26.9 Å². The Morgan fingerprint density at radius 3 is 2.71 bits per heavy atom. The quantitative estimate of drug-likeness (QED) is 0.383. The Morgan fingerprint density at radius 1 is 1.24 bits per heavy atom. The van der Waals surface area contributed by atoms with E-state index in [0.29, 0.717) is 17.1 Å². The first kappa shape index (κ1) is 24.1. The highest BCUT2D eigenvalue weighted by Gasteiger charge is 2.31. The molecule has 1 amide bonds. The van der Waals surface area contributed by atoms with Gasteiger partial charge in [-0.05, 0) is 41.0 Å². The zero-order chi connectivity index (χ0) is 24.3. The molecule has 7 nitrogen and oxygen atoms in total. The summed E-state index contributed by atoms with van der Waals surface area (Å²) in [5.41, 5.74) is 8.83. The number of nitrogens with two attached hydrogens (primary N) is 1. The predicted molar refractivity (Wildman–Crippen MR) is 123 cm³/mol.